The predicted octanol–water partition coefficient (Wildman–Crippen LogP) is -2.11. The summed E-state index contributed by atoms with van der Waals surface area (Å²) in [6.07, 6.45) is 0. The first-order valence-electron chi connectivity index (χ1n) is 1.45. The second kappa shape index (κ2) is 3.11. The summed E-state index contributed by atoms with van der Waals surface area (Å²) >= 11 is 0. The number of hydrogen-bond acceptors (Lipinski definition) is 4. The highest BCUT2D eigenvalue weighted by Gasteiger charge is 2.03. The van der Waals surface area contributed by atoms with Gasteiger partial charge in [0, 0.05) is 0 Å². The lowest BCUT2D eigenvalue weighted by Gasteiger charge is -1.91. The van der Waals surface area contributed by atoms with Crippen LogP contribution in [-0.2, 0) is 4.65 Å². The average molecular weight is 90.9 g/mol. The number of rotatable bonds is 2. The van der Waals surface area contributed by atoms with Crippen molar-refractivity contribution >= 4 is 7.32 Å². The molecule has 0 amide bonds. The van der Waals surface area contributed by atoms with Crippen LogP contribution in [0.2, 0.25) is 0 Å². The molecule has 0 unspecified atom stereocenters. The smallest absolute Gasteiger partial charge is 0.402 e. The van der Waals surface area contributed by atoms with E-state index >= 15 is 0 Å². The number of hydrogen-bond donors (Lipinski definition) is 3. The van der Waals surface area contributed by atoms with Gasteiger partial charge in [-0.1, -0.05) is 0 Å². The zero-order chi connectivity index (χ0) is 4.99. The Labute approximate surface area is 35.7 Å². The highest BCUT2D eigenvalue weighted by atomic mass is 16.6. The topological polar surface area (TPSA) is 75.7 Å². The Bertz CT molecular complexity index is 32.0. The first kappa shape index (κ1) is 5.90. The summed E-state index contributed by atoms with van der Waals surface area (Å²) in [5.41, 5.74) is 4.69. The molecule has 0 aliphatic carbocycles. The molecule has 0 aromatic rings. The van der Waals surface area contributed by atoms with Crippen LogP contribution in [0.1, 0.15) is 0 Å². The lowest BCUT2D eigenvalue weighted by Crippen LogP contribution is -2.21. The lowest BCUT2D eigenvalue weighted by atomic mass is 10.3. The van der Waals surface area contributed by atoms with E-state index in [9.17, 15) is 0 Å². The average Bonchev–Trinajstić information content (AvgIpc) is 1.35. The van der Waals surface area contributed by atoms with Crippen molar-refractivity contribution < 1.29 is 14.7 Å². The van der Waals surface area contributed by atoms with E-state index in [1.807, 2.05) is 0 Å². The van der Waals surface area contributed by atoms with Crippen molar-refractivity contribution in [1.82, 2.24) is 0 Å². The Morgan fingerprint density at radius 3 is 2.17 bits per heavy atom. The molecule has 0 aliphatic heterocycles. The molecule has 0 rings (SSSR count). The minimum Gasteiger partial charge on any atom is -0.402 e. The third kappa shape index (κ3) is 3.90. The maximum atomic E-state index is 7.81. The van der Waals surface area contributed by atoms with Gasteiger partial charge in [-0.05, 0) is 0 Å². The van der Waals surface area contributed by atoms with Gasteiger partial charge in [-0.15, -0.1) is 0 Å². The summed E-state index contributed by atoms with van der Waals surface area (Å²) < 4.78 is 3.93. The van der Waals surface area contributed by atoms with E-state index in [0.717, 1.165) is 0 Å². The van der Waals surface area contributed by atoms with Crippen LogP contribution < -0.4 is 5.73 Å². The van der Waals surface area contributed by atoms with E-state index in [1.165, 1.54) is 0 Å². The second-order valence-corrected chi connectivity index (χ2v) is 0.660. The van der Waals surface area contributed by atoms with Crippen molar-refractivity contribution in [1.29, 1.82) is 0 Å². The van der Waals surface area contributed by atoms with Gasteiger partial charge in [-0.25, -0.2) is 0 Å². The molecule has 0 heterocycles. The zero-order valence-corrected chi connectivity index (χ0v) is 3.16. The van der Waals surface area contributed by atoms with Crippen LogP contribution in [-0.4, -0.2) is 24.1 Å². The van der Waals surface area contributed by atoms with Crippen molar-refractivity contribution in [2.75, 3.05) is 6.73 Å². The monoisotopic (exact) mass is 91.0 g/mol. The third-order valence-electron chi connectivity index (χ3n) is 0.245. The van der Waals surface area contributed by atoms with Crippen LogP contribution in [0.5, 0.6) is 0 Å². The van der Waals surface area contributed by atoms with Crippen LogP contribution in [0, 0.1) is 0 Å². The molecule has 36 valence electrons. The van der Waals surface area contributed by atoms with Crippen molar-refractivity contribution in [3.63, 3.8) is 0 Å². The van der Waals surface area contributed by atoms with Gasteiger partial charge in [0.2, 0.25) is 0 Å². The Kier molecular flexibility index (Phi) is 3.06. The van der Waals surface area contributed by atoms with E-state index in [0.29, 0.717) is 0 Å². The minimum atomic E-state index is -1.73. The Hall–Kier alpha value is -0.0951. The minimum absolute atomic E-state index is 0.169. The van der Waals surface area contributed by atoms with Crippen LogP contribution in [0.4, 0.5) is 0 Å². The Morgan fingerprint density at radius 2 is 2.17 bits per heavy atom. The van der Waals surface area contributed by atoms with Gasteiger partial charge < -0.3 is 20.4 Å². The van der Waals surface area contributed by atoms with Crippen molar-refractivity contribution in [3.8, 4) is 0 Å². The molecular weight excluding hydrogens is 84.8 g/mol. The van der Waals surface area contributed by atoms with Gasteiger partial charge >= 0.3 is 7.32 Å². The highest BCUT2D eigenvalue weighted by molar-refractivity contribution is 6.32. The van der Waals surface area contributed by atoms with Crippen molar-refractivity contribution in [3.05, 3.63) is 0 Å². The summed E-state index contributed by atoms with van der Waals surface area (Å²) in [7, 11) is -1.73. The van der Waals surface area contributed by atoms with Crippen LogP contribution in [0.3, 0.4) is 0 Å². The summed E-state index contributed by atoms with van der Waals surface area (Å²) in [4.78, 5) is 0. The maximum absolute atomic E-state index is 7.81. The molecule has 0 fully saturated rings. The molecular formula is CH6BNO3. The molecule has 6 heavy (non-hydrogen) atoms. The fourth-order valence-corrected chi connectivity index (χ4v) is 0.0861. The second-order valence-electron chi connectivity index (χ2n) is 0.660. The summed E-state index contributed by atoms with van der Waals surface area (Å²) in [6.45, 7) is -0.169. The maximum Gasteiger partial charge on any atom is 0.634 e. The fraction of sp³-hybridized carbons (Fsp3) is 1.00. The lowest BCUT2D eigenvalue weighted by molar-refractivity contribution is 0.191. The van der Waals surface area contributed by atoms with Crippen molar-refractivity contribution in [2.45, 2.75) is 0 Å². The van der Waals surface area contributed by atoms with Gasteiger partial charge in [-0.3, -0.25) is 0 Å². The van der Waals surface area contributed by atoms with Crippen LogP contribution >= 0.6 is 0 Å². The molecule has 5 heteroatoms. The van der Waals surface area contributed by atoms with E-state index < -0.39 is 7.32 Å². The van der Waals surface area contributed by atoms with Gasteiger partial charge in [0.25, 0.3) is 0 Å². The normalized spacial score (nSPS) is 8.50. The predicted molar refractivity (Wildman–Crippen MR) is 20.3 cm³/mol. The molecule has 0 spiro atoms. The molecule has 0 aliphatic rings. The largest absolute Gasteiger partial charge is 0.634 e. The first-order chi connectivity index (χ1) is 2.77. The molecule has 0 saturated heterocycles. The molecule has 4 nitrogen and oxygen atoms in total. The Morgan fingerprint density at radius 1 is 1.67 bits per heavy atom. The summed E-state index contributed by atoms with van der Waals surface area (Å²) in [6, 6.07) is 0. The molecule has 0 aromatic heterocycles. The van der Waals surface area contributed by atoms with Gasteiger partial charge in [0.15, 0.2) is 0 Å². The quantitative estimate of drug-likeness (QED) is 0.268. The summed E-state index contributed by atoms with van der Waals surface area (Å²) in [5, 5.41) is 15.6. The first-order valence-corrected chi connectivity index (χ1v) is 1.45. The van der Waals surface area contributed by atoms with E-state index in [1.54, 1.807) is 0 Å². The van der Waals surface area contributed by atoms with Gasteiger partial charge in [0.1, 0.15) is 0 Å². The molecule has 4 N–H and O–H groups in total. The van der Waals surface area contributed by atoms with E-state index in [2.05, 4.69) is 10.4 Å². The van der Waals surface area contributed by atoms with Crippen LogP contribution in [0.15, 0.2) is 0 Å². The van der Waals surface area contributed by atoms with E-state index in [-0.39, 0.29) is 6.73 Å². The van der Waals surface area contributed by atoms with Crippen molar-refractivity contribution in [2.24, 2.45) is 5.73 Å². The van der Waals surface area contributed by atoms with Gasteiger partial charge in [-0.2, -0.15) is 0 Å². The molecule has 0 radical (unpaired) electrons. The number of nitrogens with two attached hydrogens (primary N) is 1. The fourth-order valence-electron chi connectivity index (χ4n) is 0.0861. The van der Waals surface area contributed by atoms with E-state index in [4.69, 9.17) is 10.0 Å². The third-order valence-corrected chi connectivity index (χ3v) is 0.245. The van der Waals surface area contributed by atoms with Crippen LogP contribution in [0.25, 0.3) is 0 Å². The zero-order valence-electron chi connectivity index (χ0n) is 3.16. The Balaban J connectivity index is 2.63. The summed E-state index contributed by atoms with van der Waals surface area (Å²) in [5.74, 6) is 0. The highest BCUT2D eigenvalue weighted by Crippen LogP contribution is 1.64. The standard InChI is InChI=1S/CH6BNO3/c3-1-6-2(4)5/h4-5H,1,3H2. The SMILES string of the molecule is NCOB(O)O. The molecule has 0 bridgehead atoms. The molecule has 0 aromatic carbocycles. The molecule has 0 atom stereocenters. The molecule has 0 saturated carbocycles. The van der Waals surface area contributed by atoms with Gasteiger partial charge in [0.05, 0.1) is 6.73 Å².